The molecule has 0 aromatic heterocycles. The average Bonchev–Trinajstić information content (AvgIpc) is 2.23. The number of hydrogen-bond donors (Lipinski definition) is 2. The SMILES string of the molecule is COc1c(C)c(C(O)C(C)N)cc(C)c1Cl. The van der Waals surface area contributed by atoms with Crippen molar-refractivity contribution in [2.24, 2.45) is 5.73 Å². The van der Waals surface area contributed by atoms with E-state index in [-0.39, 0.29) is 6.04 Å². The number of ether oxygens (including phenoxy) is 1. The maximum Gasteiger partial charge on any atom is 0.140 e. The minimum Gasteiger partial charge on any atom is -0.495 e. The maximum atomic E-state index is 9.99. The van der Waals surface area contributed by atoms with Crippen molar-refractivity contribution in [1.29, 1.82) is 0 Å². The van der Waals surface area contributed by atoms with E-state index in [9.17, 15) is 5.11 Å². The molecule has 0 saturated carbocycles. The Balaban J connectivity index is 3.36. The highest BCUT2D eigenvalue weighted by Gasteiger charge is 2.20. The molecule has 1 rings (SSSR count). The van der Waals surface area contributed by atoms with E-state index in [1.54, 1.807) is 14.0 Å². The summed E-state index contributed by atoms with van der Waals surface area (Å²) in [4.78, 5) is 0. The molecular weight excluding hydrogens is 226 g/mol. The van der Waals surface area contributed by atoms with Gasteiger partial charge in [0.2, 0.25) is 0 Å². The van der Waals surface area contributed by atoms with E-state index in [2.05, 4.69) is 0 Å². The molecule has 0 aliphatic rings. The average molecular weight is 244 g/mol. The summed E-state index contributed by atoms with van der Waals surface area (Å²) >= 11 is 6.12. The molecule has 0 heterocycles. The smallest absolute Gasteiger partial charge is 0.140 e. The molecule has 0 bridgehead atoms. The summed E-state index contributed by atoms with van der Waals surface area (Å²) in [6, 6.07) is 1.53. The molecule has 90 valence electrons. The molecule has 0 aliphatic heterocycles. The summed E-state index contributed by atoms with van der Waals surface area (Å²) in [6.07, 6.45) is -0.704. The zero-order valence-corrected chi connectivity index (χ0v) is 10.8. The van der Waals surface area contributed by atoms with Crippen LogP contribution in [0.25, 0.3) is 0 Å². The second-order valence-corrected chi connectivity index (χ2v) is 4.44. The van der Waals surface area contributed by atoms with Gasteiger partial charge in [-0.1, -0.05) is 17.7 Å². The molecule has 0 amide bonds. The van der Waals surface area contributed by atoms with Crippen molar-refractivity contribution in [1.82, 2.24) is 0 Å². The van der Waals surface area contributed by atoms with Gasteiger partial charge < -0.3 is 15.6 Å². The quantitative estimate of drug-likeness (QED) is 0.857. The van der Waals surface area contributed by atoms with Crippen LogP contribution in [0.1, 0.15) is 29.7 Å². The standard InChI is InChI=1S/C12H18ClNO2/c1-6-5-9(11(15)8(3)14)7(2)12(16-4)10(6)13/h5,8,11,15H,14H2,1-4H3. The molecule has 3 N–H and O–H groups in total. The summed E-state index contributed by atoms with van der Waals surface area (Å²) in [5, 5.41) is 10.6. The highest BCUT2D eigenvalue weighted by Crippen LogP contribution is 2.36. The van der Waals surface area contributed by atoms with E-state index in [4.69, 9.17) is 22.1 Å². The summed E-state index contributed by atoms with van der Waals surface area (Å²) in [6.45, 7) is 5.51. The Morgan fingerprint density at radius 2 is 2.00 bits per heavy atom. The van der Waals surface area contributed by atoms with Crippen molar-refractivity contribution >= 4 is 11.6 Å². The molecule has 2 atom stereocenters. The lowest BCUT2D eigenvalue weighted by Gasteiger charge is -2.20. The molecule has 4 heteroatoms. The predicted molar refractivity (Wildman–Crippen MR) is 66.1 cm³/mol. The van der Waals surface area contributed by atoms with Gasteiger partial charge in [-0.15, -0.1) is 0 Å². The van der Waals surface area contributed by atoms with Gasteiger partial charge in [0.05, 0.1) is 18.2 Å². The van der Waals surface area contributed by atoms with Crippen molar-refractivity contribution in [3.63, 3.8) is 0 Å². The van der Waals surface area contributed by atoms with Crippen LogP contribution in [-0.4, -0.2) is 18.3 Å². The summed E-state index contributed by atoms with van der Waals surface area (Å²) in [5.74, 6) is 0.608. The second kappa shape index (κ2) is 5.04. The van der Waals surface area contributed by atoms with Crippen LogP contribution < -0.4 is 10.5 Å². The van der Waals surface area contributed by atoms with E-state index in [1.165, 1.54) is 0 Å². The lowest BCUT2D eigenvalue weighted by molar-refractivity contribution is 0.152. The molecule has 1 aromatic rings. The van der Waals surface area contributed by atoms with Gasteiger partial charge in [0.25, 0.3) is 0 Å². The number of aryl methyl sites for hydroxylation is 1. The Morgan fingerprint density at radius 1 is 1.44 bits per heavy atom. The summed E-state index contributed by atoms with van der Waals surface area (Å²) in [5.41, 5.74) is 8.17. The van der Waals surface area contributed by atoms with E-state index in [0.29, 0.717) is 10.8 Å². The van der Waals surface area contributed by atoms with Crippen molar-refractivity contribution in [3.8, 4) is 5.75 Å². The van der Waals surface area contributed by atoms with Crippen LogP contribution >= 0.6 is 11.6 Å². The van der Waals surface area contributed by atoms with Crippen LogP contribution in [0, 0.1) is 13.8 Å². The van der Waals surface area contributed by atoms with Crippen molar-refractivity contribution in [3.05, 3.63) is 27.8 Å². The number of rotatable bonds is 3. The minimum absolute atomic E-state index is 0.330. The molecule has 3 nitrogen and oxygen atoms in total. The Labute approximate surface area is 101 Å². The fourth-order valence-electron chi connectivity index (χ4n) is 1.71. The number of methoxy groups -OCH3 is 1. The fraction of sp³-hybridized carbons (Fsp3) is 0.500. The number of halogens is 1. The zero-order valence-electron chi connectivity index (χ0n) is 10.0. The van der Waals surface area contributed by atoms with E-state index < -0.39 is 6.10 Å². The first-order valence-electron chi connectivity index (χ1n) is 5.17. The zero-order chi connectivity index (χ0) is 12.5. The highest BCUT2D eigenvalue weighted by molar-refractivity contribution is 6.33. The molecule has 0 aliphatic carbocycles. The third-order valence-electron chi connectivity index (χ3n) is 2.71. The summed E-state index contributed by atoms with van der Waals surface area (Å²) in [7, 11) is 1.57. The first-order valence-corrected chi connectivity index (χ1v) is 5.55. The van der Waals surface area contributed by atoms with Gasteiger partial charge in [-0.3, -0.25) is 0 Å². The number of aliphatic hydroxyl groups is 1. The molecule has 0 spiro atoms. The molecule has 0 saturated heterocycles. The highest BCUT2D eigenvalue weighted by atomic mass is 35.5. The van der Waals surface area contributed by atoms with Crippen LogP contribution in [0.4, 0.5) is 0 Å². The lowest BCUT2D eigenvalue weighted by atomic mass is 9.96. The van der Waals surface area contributed by atoms with Gasteiger partial charge in [0.1, 0.15) is 5.75 Å². The normalized spacial score (nSPS) is 14.7. The molecule has 0 radical (unpaired) electrons. The van der Waals surface area contributed by atoms with E-state index >= 15 is 0 Å². The predicted octanol–water partition coefficient (Wildman–Crippen LogP) is 2.35. The molecule has 0 fully saturated rings. The minimum atomic E-state index is -0.704. The van der Waals surface area contributed by atoms with Gasteiger partial charge in [-0.25, -0.2) is 0 Å². The molecule has 1 aromatic carbocycles. The van der Waals surface area contributed by atoms with Gasteiger partial charge >= 0.3 is 0 Å². The van der Waals surface area contributed by atoms with Crippen LogP contribution in [0.3, 0.4) is 0 Å². The van der Waals surface area contributed by atoms with Crippen molar-refractivity contribution in [2.45, 2.75) is 32.9 Å². The first kappa shape index (κ1) is 13.3. The topological polar surface area (TPSA) is 55.5 Å². The third kappa shape index (κ3) is 2.32. The number of benzene rings is 1. The van der Waals surface area contributed by atoms with Gasteiger partial charge in [0.15, 0.2) is 0 Å². The molecule has 16 heavy (non-hydrogen) atoms. The van der Waals surface area contributed by atoms with E-state index in [0.717, 1.165) is 16.7 Å². The largest absolute Gasteiger partial charge is 0.495 e. The molecule has 2 unspecified atom stereocenters. The Morgan fingerprint density at radius 3 is 2.44 bits per heavy atom. The number of aliphatic hydroxyl groups excluding tert-OH is 1. The summed E-state index contributed by atoms with van der Waals surface area (Å²) < 4.78 is 5.24. The van der Waals surface area contributed by atoms with E-state index in [1.807, 2.05) is 19.9 Å². The monoisotopic (exact) mass is 243 g/mol. The van der Waals surface area contributed by atoms with Crippen LogP contribution in [0.2, 0.25) is 5.02 Å². The Bertz CT molecular complexity index is 391. The van der Waals surface area contributed by atoms with Crippen LogP contribution in [0.15, 0.2) is 6.07 Å². The van der Waals surface area contributed by atoms with Gasteiger partial charge in [-0.05, 0) is 37.5 Å². The second-order valence-electron chi connectivity index (χ2n) is 4.06. The van der Waals surface area contributed by atoms with Gasteiger partial charge in [0, 0.05) is 6.04 Å². The Hall–Kier alpha value is -0.770. The van der Waals surface area contributed by atoms with Gasteiger partial charge in [-0.2, -0.15) is 0 Å². The molecular formula is C12H18ClNO2. The number of nitrogens with two attached hydrogens (primary N) is 1. The Kier molecular flexibility index (Phi) is 4.19. The van der Waals surface area contributed by atoms with Crippen LogP contribution in [0.5, 0.6) is 5.75 Å². The fourth-order valence-corrected chi connectivity index (χ4v) is 1.99. The van der Waals surface area contributed by atoms with Crippen molar-refractivity contribution < 1.29 is 9.84 Å². The van der Waals surface area contributed by atoms with Crippen LogP contribution in [-0.2, 0) is 0 Å². The third-order valence-corrected chi connectivity index (χ3v) is 3.18. The number of hydrogen-bond acceptors (Lipinski definition) is 3. The lowest BCUT2D eigenvalue weighted by Crippen LogP contribution is -2.25. The van der Waals surface area contributed by atoms with Crippen molar-refractivity contribution in [2.75, 3.05) is 7.11 Å². The first-order chi connectivity index (χ1) is 7.40. The maximum absolute atomic E-state index is 9.99.